The maximum Gasteiger partial charge on any atom is 0.252 e. The summed E-state index contributed by atoms with van der Waals surface area (Å²) in [6.45, 7) is 1.94. The third kappa shape index (κ3) is 3.39. The molecule has 0 heterocycles. The summed E-state index contributed by atoms with van der Waals surface area (Å²) in [5, 5.41) is 21.0. The van der Waals surface area contributed by atoms with Gasteiger partial charge < -0.3 is 15.2 Å². The fraction of sp³-hybridized carbons (Fsp3) is 0.385. The highest BCUT2D eigenvalue weighted by Gasteiger charge is 2.13. The molecule has 0 saturated carbocycles. The lowest BCUT2D eigenvalue weighted by Crippen LogP contribution is -2.33. The van der Waals surface area contributed by atoms with Gasteiger partial charge in [0.25, 0.3) is 5.91 Å². The quantitative estimate of drug-likeness (QED) is 0.832. The number of phenolic OH excluding ortho intramolecular Hbond substituents is 1. The van der Waals surface area contributed by atoms with Gasteiger partial charge in [-0.05, 0) is 24.6 Å². The Morgan fingerprint density at radius 1 is 1.61 bits per heavy atom. The van der Waals surface area contributed by atoms with Crippen LogP contribution in [-0.2, 0) is 0 Å². The van der Waals surface area contributed by atoms with Crippen molar-refractivity contribution < 1.29 is 14.6 Å². The topological polar surface area (TPSA) is 82.4 Å². The number of benzene rings is 1. The van der Waals surface area contributed by atoms with Crippen LogP contribution in [0.2, 0.25) is 0 Å². The number of nitrogens with one attached hydrogen (secondary N) is 1. The van der Waals surface area contributed by atoms with Crippen LogP contribution in [0, 0.1) is 11.3 Å². The molecule has 96 valence electrons. The maximum absolute atomic E-state index is 11.8. The average Bonchev–Trinajstić information content (AvgIpc) is 2.37. The molecule has 18 heavy (non-hydrogen) atoms. The summed E-state index contributed by atoms with van der Waals surface area (Å²) in [4.78, 5) is 11.8. The van der Waals surface area contributed by atoms with E-state index < -0.39 is 6.04 Å². The number of hydrogen-bond donors (Lipinski definition) is 2. The SMILES string of the molecule is CCCC(C#N)NC(=O)c1ccc(OC)c(O)c1. The first-order valence-electron chi connectivity index (χ1n) is 5.69. The lowest BCUT2D eigenvalue weighted by molar-refractivity contribution is 0.0943. The largest absolute Gasteiger partial charge is 0.504 e. The molecule has 0 radical (unpaired) electrons. The number of methoxy groups -OCH3 is 1. The van der Waals surface area contributed by atoms with Crippen molar-refractivity contribution in [2.75, 3.05) is 7.11 Å². The van der Waals surface area contributed by atoms with E-state index in [9.17, 15) is 9.90 Å². The Kier molecular flexibility index (Phi) is 5.00. The van der Waals surface area contributed by atoms with Gasteiger partial charge in [0.15, 0.2) is 11.5 Å². The van der Waals surface area contributed by atoms with E-state index in [1.165, 1.54) is 25.3 Å². The highest BCUT2D eigenvalue weighted by Crippen LogP contribution is 2.26. The number of aromatic hydroxyl groups is 1. The Balaban J connectivity index is 2.79. The number of carbonyl (C=O) groups excluding carboxylic acids is 1. The Morgan fingerprint density at radius 3 is 2.83 bits per heavy atom. The van der Waals surface area contributed by atoms with Crippen LogP contribution in [0.15, 0.2) is 18.2 Å². The molecule has 1 atom stereocenters. The van der Waals surface area contributed by atoms with Crippen molar-refractivity contribution in [2.24, 2.45) is 0 Å². The molecule has 2 N–H and O–H groups in total. The highest BCUT2D eigenvalue weighted by atomic mass is 16.5. The summed E-state index contributed by atoms with van der Waals surface area (Å²) >= 11 is 0. The molecule has 1 rings (SSSR count). The van der Waals surface area contributed by atoms with E-state index in [4.69, 9.17) is 10.00 Å². The third-order valence-electron chi connectivity index (χ3n) is 2.48. The van der Waals surface area contributed by atoms with E-state index in [1.54, 1.807) is 0 Å². The van der Waals surface area contributed by atoms with E-state index in [2.05, 4.69) is 5.32 Å². The van der Waals surface area contributed by atoms with Crippen molar-refractivity contribution in [2.45, 2.75) is 25.8 Å². The van der Waals surface area contributed by atoms with Gasteiger partial charge in [0.2, 0.25) is 0 Å². The standard InChI is InChI=1S/C13H16N2O3/c1-3-4-10(8-14)15-13(17)9-5-6-12(18-2)11(16)7-9/h5-7,10,16H,3-4H2,1-2H3,(H,15,17). The Bertz CT molecular complexity index is 466. The zero-order chi connectivity index (χ0) is 13.5. The Labute approximate surface area is 106 Å². The molecule has 0 aromatic heterocycles. The molecule has 0 aliphatic heterocycles. The molecule has 5 nitrogen and oxygen atoms in total. The van der Waals surface area contributed by atoms with Crippen LogP contribution in [0.4, 0.5) is 0 Å². The molecule has 0 fully saturated rings. The second-order valence-corrected chi connectivity index (χ2v) is 3.83. The third-order valence-corrected chi connectivity index (χ3v) is 2.48. The fourth-order valence-electron chi connectivity index (χ4n) is 1.53. The fourth-order valence-corrected chi connectivity index (χ4v) is 1.53. The van der Waals surface area contributed by atoms with Crippen molar-refractivity contribution in [3.05, 3.63) is 23.8 Å². The minimum atomic E-state index is -0.508. The first-order chi connectivity index (χ1) is 8.62. The number of phenols is 1. The zero-order valence-electron chi connectivity index (χ0n) is 10.4. The molecule has 0 saturated heterocycles. The molecule has 1 unspecified atom stereocenters. The van der Waals surface area contributed by atoms with Gasteiger partial charge in [-0.15, -0.1) is 0 Å². The zero-order valence-corrected chi connectivity index (χ0v) is 10.4. The number of nitriles is 1. The molecule has 5 heteroatoms. The molecular formula is C13H16N2O3. The van der Waals surface area contributed by atoms with Crippen molar-refractivity contribution in [1.82, 2.24) is 5.32 Å². The molecule has 0 aliphatic rings. The van der Waals surface area contributed by atoms with Crippen molar-refractivity contribution in [3.8, 4) is 17.6 Å². The van der Waals surface area contributed by atoms with Crippen LogP contribution in [0.3, 0.4) is 0 Å². The molecule has 1 aromatic rings. The number of amides is 1. The lowest BCUT2D eigenvalue weighted by atomic mass is 10.1. The number of hydrogen-bond acceptors (Lipinski definition) is 4. The summed E-state index contributed by atoms with van der Waals surface area (Å²) in [5.41, 5.74) is 0.296. The van der Waals surface area contributed by atoms with Gasteiger partial charge in [0.1, 0.15) is 6.04 Å². The monoisotopic (exact) mass is 248 g/mol. The van der Waals surface area contributed by atoms with E-state index in [0.717, 1.165) is 6.42 Å². The van der Waals surface area contributed by atoms with Gasteiger partial charge in [-0.2, -0.15) is 5.26 Å². The van der Waals surface area contributed by atoms with Gasteiger partial charge >= 0.3 is 0 Å². The van der Waals surface area contributed by atoms with Gasteiger partial charge in [0.05, 0.1) is 13.2 Å². The molecule has 0 spiro atoms. The van der Waals surface area contributed by atoms with E-state index in [1.807, 2.05) is 13.0 Å². The summed E-state index contributed by atoms with van der Waals surface area (Å²) in [7, 11) is 1.43. The average molecular weight is 248 g/mol. The summed E-state index contributed by atoms with van der Waals surface area (Å²) < 4.78 is 4.89. The predicted molar refractivity (Wildman–Crippen MR) is 66.4 cm³/mol. The van der Waals surface area contributed by atoms with Gasteiger partial charge in [-0.25, -0.2) is 0 Å². The van der Waals surface area contributed by atoms with E-state index in [-0.39, 0.29) is 11.7 Å². The molecule has 0 bridgehead atoms. The Morgan fingerprint density at radius 2 is 2.33 bits per heavy atom. The van der Waals surface area contributed by atoms with E-state index >= 15 is 0 Å². The van der Waals surface area contributed by atoms with Gasteiger partial charge in [-0.3, -0.25) is 4.79 Å². The minimum Gasteiger partial charge on any atom is -0.504 e. The normalized spacial score (nSPS) is 11.4. The predicted octanol–water partition coefficient (Wildman–Crippen LogP) is 1.82. The first-order valence-corrected chi connectivity index (χ1v) is 5.69. The van der Waals surface area contributed by atoms with Crippen molar-refractivity contribution in [1.29, 1.82) is 5.26 Å². The highest BCUT2D eigenvalue weighted by molar-refractivity contribution is 5.95. The smallest absolute Gasteiger partial charge is 0.252 e. The molecular weight excluding hydrogens is 232 g/mol. The number of nitrogens with zero attached hydrogens (tertiary/aromatic N) is 1. The van der Waals surface area contributed by atoms with Crippen LogP contribution >= 0.6 is 0 Å². The minimum absolute atomic E-state index is 0.103. The van der Waals surface area contributed by atoms with Crippen molar-refractivity contribution in [3.63, 3.8) is 0 Å². The van der Waals surface area contributed by atoms with Crippen LogP contribution in [0.5, 0.6) is 11.5 Å². The number of ether oxygens (including phenoxy) is 1. The van der Waals surface area contributed by atoms with Gasteiger partial charge in [-0.1, -0.05) is 13.3 Å². The van der Waals surface area contributed by atoms with Crippen LogP contribution in [0.1, 0.15) is 30.1 Å². The number of rotatable bonds is 5. The van der Waals surface area contributed by atoms with E-state index in [0.29, 0.717) is 17.7 Å². The Hall–Kier alpha value is -2.22. The second kappa shape index (κ2) is 6.50. The lowest BCUT2D eigenvalue weighted by Gasteiger charge is -2.11. The molecule has 0 aliphatic carbocycles. The molecule has 1 amide bonds. The first kappa shape index (κ1) is 13.8. The van der Waals surface area contributed by atoms with Crippen LogP contribution in [0.25, 0.3) is 0 Å². The van der Waals surface area contributed by atoms with Crippen LogP contribution in [-0.4, -0.2) is 24.2 Å². The van der Waals surface area contributed by atoms with Crippen molar-refractivity contribution >= 4 is 5.91 Å². The maximum atomic E-state index is 11.8. The van der Waals surface area contributed by atoms with Gasteiger partial charge in [0, 0.05) is 5.56 Å². The van der Waals surface area contributed by atoms with Crippen LogP contribution < -0.4 is 10.1 Å². The molecule has 1 aromatic carbocycles. The summed E-state index contributed by atoms with van der Waals surface area (Å²) in [5.74, 6) is -0.181. The summed E-state index contributed by atoms with van der Waals surface area (Å²) in [6.07, 6.45) is 1.41. The number of carbonyl (C=O) groups is 1. The second-order valence-electron chi connectivity index (χ2n) is 3.83. The summed E-state index contributed by atoms with van der Waals surface area (Å²) in [6, 6.07) is 5.87.